The fourth-order valence-corrected chi connectivity index (χ4v) is 3.87. The van der Waals surface area contributed by atoms with Crippen molar-refractivity contribution >= 4 is 29.5 Å². The van der Waals surface area contributed by atoms with Gasteiger partial charge in [-0.2, -0.15) is 0 Å². The Labute approximate surface area is 192 Å². The molecular formula is C27H25N3O3. The average Bonchev–Trinajstić information content (AvgIpc) is 2.84. The summed E-state index contributed by atoms with van der Waals surface area (Å²) in [7, 11) is 0. The molecule has 0 radical (unpaired) electrons. The first-order valence-corrected chi connectivity index (χ1v) is 10.8. The number of esters is 1. The Kier molecular flexibility index (Phi) is 6.36. The van der Waals surface area contributed by atoms with Crippen LogP contribution in [0.15, 0.2) is 78.4 Å². The standard InChI is InChI=1S/C27H25N3O3/c1-2-30(23-6-4-3-5-7-23)26(31)18-8-10-19(11-9-18)27(32)33-24-15-14-20-16-22(25(28)29)13-12-21(20)17-24/h3-11,14-17H,2,12-13H2,1H3,(H3,28,29). The lowest BCUT2D eigenvalue weighted by atomic mass is 9.91. The van der Waals surface area contributed by atoms with Gasteiger partial charge in [-0.25, -0.2) is 4.79 Å². The number of rotatable bonds is 6. The number of aryl methyl sites for hydroxylation is 1. The van der Waals surface area contributed by atoms with E-state index in [9.17, 15) is 9.59 Å². The summed E-state index contributed by atoms with van der Waals surface area (Å²) in [6.45, 7) is 2.46. The number of carbonyl (C=O) groups excluding carboxylic acids is 2. The Morgan fingerprint density at radius 3 is 2.33 bits per heavy atom. The SMILES string of the molecule is CCN(C(=O)c1ccc(C(=O)Oc2ccc3c(c2)CCC(C(=N)N)=C3)cc1)c1ccccc1. The van der Waals surface area contributed by atoms with Crippen LogP contribution in [0.25, 0.3) is 6.08 Å². The van der Waals surface area contributed by atoms with Crippen LogP contribution in [0.2, 0.25) is 0 Å². The third-order valence-corrected chi connectivity index (χ3v) is 5.66. The minimum Gasteiger partial charge on any atom is -0.423 e. The number of ether oxygens (including phenoxy) is 1. The van der Waals surface area contributed by atoms with Gasteiger partial charge in [-0.05, 0) is 91.1 Å². The van der Waals surface area contributed by atoms with Gasteiger partial charge in [0.15, 0.2) is 0 Å². The fraction of sp³-hybridized carbons (Fsp3) is 0.148. The van der Waals surface area contributed by atoms with Gasteiger partial charge in [-0.15, -0.1) is 0 Å². The van der Waals surface area contributed by atoms with Crippen molar-refractivity contribution in [3.05, 3.63) is 101 Å². The number of nitrogens with two attached hydrogens (primary N) is 1. The minimum atomic E-state index is -0.486. The average molecular weight is 440 g/mol. The van der Waals surface area contributed by atoms with E-state index in [1.807, 2.05) is 55.5 Å². The van der Waals surface area contributed by atoms with Crippen LogP contribution in [-0.2, 0) is 6.42 Å². The monoisotopic (exact) mass is 439 g/mol. The van der Waals surface area contributed by atoms with E-state index in [1.54, 1.807) is 35.2 Å². The lowest BCUT2D eigenvalue weighted by molar-refractivity contribution is 0.0734. The van der Waals surface area contributed by atoms with Gasteiger partial charge in [0.25, 0.3) is 5.91 Å². The quantitative estimate of drug-likeness (QED) is 0.249. The molecule has 0 bridgehead atoms. The Hall–Kier alpha value is -4.19. The molecule has 33 heavy (non-hydrogen) atoms. The van der Waals surface area contributed by atoms with Crippen molar-refractivity contribution in [3.8, 4) is 5.75 Å². The number of amides is 1. The van der Waals surface area contributed by atoms with Crippen LogP contribution < -0.4 is 15.4 Å². The van der Waals surface area contributed by atoms with Gasteiger partial charge in [0, 0.05) is 17.8 Å². The van der Waals surface area contributed by atoms with E-state index in [4.69, 9.17) is 15.9 Å². The zero-order valence-corrected chi connectivity index (χ0v) is 18.4. The van der Waals surface area contributed by atoms with Crippen molar-refractivity contribution in [2.75, 3.05) is 11.4 Å². The van der Waals surface area contributed by atoms with E-state index >= 15 is 0 Å². The second-order valence-corrected chi connectivity index (χ2v) is 7.80. The summed E-state index contributed by atoms with van der Waals surface area (Å²) in [6, 6.07) is 21.4. The molecule has 0 aliphatic heterocycles. The molecule has 3 aromatic carbocycles. The molecule has 6 heteroatoms. The van der Waals surface area contributed by atoms with Crippen molar-refractivity contribution in [1.82, 2.24) is 0 Å². The maximum atomic E-state index is 12.9. The van der Waals surface area contributed by atoms with Crippen LogP contribution in [0.3, 0.4) is 0 Å². The molecule has 0 saturated heterocycles. The Bertz CT molecular complexity index is 1230. The Morgan fingerprint density at radius 1 is 0.970 bits per heavy atom. The lowest BCUT2D eigenvalue weighted by Crippen LogP contribution is -2.30. The van der Waals surface area contributed by atoms with Gasteiger partial charge >= 0.3 is 5.97 Å². The smallest absolute Gasteiger partial charge is 0.343 e. The van der Waals surface area contributed by atoms with Crippen molar-refractivity contribution < 1.29 is 14.3 Å². The molecule has 0 unspecified atom stereocenters. The molecule has 166 valence electrons. The summed E-state index contributed by atoms with van der Waals surface area (Å²) >= 11 is 0. The van der Waals surface area contributed by atoms with Crippen molar-refractivity contribution in [2.45, 2.75) is 19.8 Å². The summed E-state index contributed by atoms with van der Waals surface area (Å²) in [5.41, 5.74) is 10.1. The van der Waals surface area contributed by atoms with E-state index < -0.39 is 5.97 Å². The van der Waals surface area contributed by atoms with Gasteiger partial charge in [-0.3, -0.25) is 10.2 Å². The number of hydrogen-bond acceptors (Lipinski definition) is 4. The number of hydrogen-bond donors (Lipinski definition) is 2. The maximum Gasteiger partial charge on any atom is 0.343 e. The first-order chi connectivity index (χ1) is 16.0. The van der Waals surface area contributed by atoms with E-state index in [2.05, 4.69) is 0 Å². The second kappa shape index (κ2) is 9.53. The second-order valence-electron chi connectivity index (χ2n) is 7.80. The lowest BCUT2D eigenvalue weighted by Gasteiger charge is -2.21. The van der Waals surface area contributed by atoms with Crippen molar-refractivity contribution in [1.29, 1.82) is 5.41 Å². The summed E-state index contributed by atoms with van der Waals surface area (Å²) < 4.78 is 5.56. The molecule has 0 atom stereocenters. The van der Waals surface area contributed by atoms with Crippen molar-refractivity contribution in [2.24, 2.45) is 5.73 Å². The number of fused-ring (bicyclic) bond motifs is 1. The van der Waals surface area contributed by atoms with Gasteiger partial charge in [-0.1, -0.05) is 24.3 Å². The van der Waals surface area contributed by atoms with Gasteiger partial charge in [0.2, 0.25) is 0 Å². The zero-order valence-electron chi connectivity index (χ0n) is 18.4. The van der Waals surface area contributed by atoms with Crippen molar-refractivity contribution in [3.63, 3.8) is 0 Å². The summed E-state index contributed by atoms with van der Waals surface area (Å²) in [4.78, 5) is 27.3. The minimum absolute atomic E-state index is 0.0870. The zero-order chi connectivity index (χ0) is 23.4. The first kappa shape index (κ1) is 22.0. The number of para-hydroxylation sites is 1. The normalized spacial score (nSPS) is 12.3. The summed E-state index contributed by atoms with van der Waals surface area (Å²) in [5.74, 6) is -0.0693. The van der Waals surface area contributed by atoms with Crippen LogP contribution in [0.4, 0.5) is 5.69 Å². The molecule has 6 nitrogen and oxygen atoms in total. The highest BCUT2D eigenvalue weighted by atomic mass is 16.5. The van der Waals surface area contributed by atoms with Crippen LogP contribution >= 0.6 is 0 Å². The molecule has 1 aliphatic carbocycles. The molecule has 1 aliphatic rings. The third kappa shape index (κ3) is 4.85. The van der Waals surface area contributed by atoms with Crippen LogP contribution in [0, 0.1) is 5.41 Å². The molecule has 0 aromatic heterocycles. The number of anilines is 1. The Morgan fingerprint density at radius 2 is 1.67 bits per heavy atom. The largest absolute Gasteiger partial charge is 0.423 e. The summed E-state index contributed by atoms with van der Waals surface area (Å²) in [5, 5.41) is 7.60. The number of carbonyl (C=O) groups is 2. The first-order valence-electron chi connectivity index (χ1n) is 10.8. The van der Waals surface area contributed by atoms with E-state index in [0.29, 0.717) is 29.8 Å². The summed E-state index contributed by atoms with van der Waals surface area (Å²) in [6.07, 6.45) is 3.32. The predicted molar refractivity (Wildman–Crippen MR) is 130 cm³/mol. The van der Waals surface area contributed by atoms with Crippen LogP contribution in [0.5, 0.6) is 5.75 Å². The number of amidine groups is 1. The molecule has 3 N–H and O–H groups in total. The Balaban J connectivity index is 1.46. The molecular weight excluding hydrogens is 414 g/mol. The highest BCUT2D eigenvalue weighted by Gasteiger charge is 2.18. The molecule has 4 rings (SSSR count). The van der Waals surface area contributed by atoms with E-state index in [-0.39, 0.29) is 11.7 Å². The molecule has 0 spiro atoms. The number of nitrogens with one attached hydrogen (secondary N) is 1. The molecule has 3 aromatic rings. The molecule has 0 saturated carbocycles. The number of benzene rings is 3. The predicted octanol–water partition coefficient (Wildman–Crippen LogP) is 4.84. The van der Waals surface area contributed by atoms with Crippen LogP contribution in [0.1, 0.15) is 45.2 Å². The fourth-order valence-electron chi connectivity index (χ4n) is 3.87. The molecule has 0 fully saturated rings. The maximum absolute atomic E-state index is 12.9. The molecule has 1 amide bonds. The number of nitrogens with zero attached hydrogens (tertiary/aromatic N) is 1. The van der Waals surface area contributed by atoms with Gasteiger partial charge in [0.05, 0.1) is 5.56 Å². The third-order valence-electron chi connectivity index (χ3n) is 5.66. The van der Waals surface area contributed by atoms with Gasteiger partial charge < -0.3 is 15.4 Å². The van der Waals surface area contributed by atoms with E-state index in [0.717, 1.165) is 28.8 Å². The molecule has 0 heterocycles. The highest BCUT2D eigenvalue weighted by molar-refractivity contribution is 6.06. The van der Waals surface area contributed by atoms with Gasteiger partial charge in [0.1, 0.15) is 11.6 Å². The van der Waals surface area contributed by atoms with Crippen LogP contribution in [-0.4, -0.2) is 24.3 Å². The topological polar surface area (TPSA) is 96.5 Å². The van der Waals surface area contributed by atoms with E-state index in [1.165, 1.54) is 0 Å². The highest BCUT2D eigenvalue weighted by Crippen LogP contribution is 2.28.